The van der Waals surface area contributed by atoms with Crippen LogP contribution in [0.1, 0.15) is 18.2 Å². The van der Waals surface area contributed by atoms with Gasteiger partial charge in [-0.3, -0.25) is 0 Å². The van der Waals surface area contributed by atoms with Crippen LogP contribution in [0.2, 0.25) is 10.0 Å². The Kier molecular flexibility index (Phi) is 4.64. The highest BCUT2D eigenvalue weighted by Crippen LogP contribution is 2.42. The van der Waals surface area contributed by atoms with E-state index in [1.54, 1.807) is 12.1 Å². The summed E-state index contributed by atoms with van der Waals surface area (Å²) in [6.07, 6.45) is -2.97. The Bertz CT molecular complexity index is 642. The largest absolute Gasteiger partial charge is 0.454 e. The Morgan fingerprint density at radius 2 is 1.76 bits per heavy atom. The van der Waals surface area contributed by atoms with Gasteiger partial charge in [-0.1, -0.05) is 42.3 Å². The van der Waals surface area contributed by atoms with E-state index in [1.165, 1.54) is 0 Å². The van der Waals surface area contributed by atoms with Crippen molar-refractivity contribution in [2.24, 2.45) is 0 Å². The second-order valence-electron chi connectivity index (χ2n) is 4.20. The van der Waals surface area contributed by atoms with Crippen molar-refractivity contribution in [2.75, 3.05) is 0 Å². The maximum Gasteiger partial charge on any atom is 0.434 e. The third-order valence-electron chi connectivity index (χ3n) is 2.75. The third-order valence-corrected chi connectivity index (χ3v) is 3.37. The molecule has 2 aromatic rings. The topological polar surface area (TPSA) is 22.1 Å². The minimum Gasteiger partial charge on any atom is -0.454 e. The number of hydrogen-bond donors (Lipinski definition) is 0. The fourth-order valence-corrected chi connectivity index (χ4v) is 2.18. The monoisotopic (exact) mass is 335 g/mol. The van der Waals surface area contributed by atoms with Gasteiger partial charge in [-0.05, 0) is 24.1 Å². The zero-order valence-corrected chi connectivity index (χ0v) is 12.4. The molecule has 0 saturated carbocycles. The van der Waals surface area contributed by atoms with Crippen LogP contribution in [0.25, 0.3) is 0 Å². The predicted octanol–water partition coefficient (Wildman–Crippen LogP) is 5.76. The lowest BCUT2D eigenvalue weighted by Gasteiger charge is -2.13. The van der Waals surface area contributed by atoms with Crippen molar-refractivity contribution < 1.29 is 17.9 Å². The summed E-state index contributed by atoms with van der Waals surface area (Å²) >= 11 is 11.5. The first kappa shape index (κ1) is 15.9. The number of alkyl halides is 3. The van der Waals surface area contributed by atoms with Crippen LogP contribution < -0.4 is 4.74 Å². The predicted molar refractivity (Wildman–Crippen MR) is 75.2 cm³/mol. The van der Waals surface area contributed by atoms with Gasteiger partial charge in [-0.15, -0.1) is 0 Å². The van der Waals surface area contributed by atoms with Gasteiger partial charge in [0.1, 0.15) is 15.8 Å². The van der Waals surface area contributed by atoms with Crippen LogP contribution >= 0.6 is 23.2 Å². The van der Waals surface area contributed by atoms with Crippen LogP contribution in [-0.4, -0.2) is 4.98 Å². The number of nitrogens with zero attached hydrogens (tertiary/aromatic N) is 1. The first-order valence-electron chi connectivity index (χ1n) is 6.01. The Hall–Kier alpha value is -1.46. The molecule has 0 fully saturated rings. The van der Waals surface area contributed by atoms with Crippen LogP contribution in [0.4, 0.5) is 13.2 Å². The zero-order valence-electron chi connectivity index (χ0n) is 10.8. The molecule has 1 aromatic heterocycles. The van der Waals surface area contributed by atoms with Gasteiger partial charge in [-0.2, -0.15) is 13.2 Å². The number of pyridine rings is 1. The van der Waals surface area contributed by atoms with Gasteiger partial charge in [-0.25, -0.2) is 4.98 Å². The number of ether oxygens (including phenoxy) is 1. The Morgan fingerprint density at radius 1 is 1.14 bits per heavy atom. The molecule has 0 aliphatic rings. The van der Waals surface area contributed by atoms with Gasteiger partial charge in [0.05, 0.1) is 6.20 Å². The maximum absolute atomic E-state index is 12.8. The molecular weight excluding hydrogens is 326 g/mol. The minimum atomic E-state index is -4.67. The number of aryl methyl sites for hydroxylation is 1. The highest BCUT2D eigenvalue weighted by atomic mass is 35.5. The fraction of sp³-hybridized carbons (Fsp3) is 0.214. The Balaban J connectivity index is 2.38. The Morgan fingerprint density at radius 3 is 2.29 bits per heavy atom. The van der Waals surface area contributed by atoms with Gasteiger partial charge in [0, 0.05) is 0 Å². The smallest absolute Gasteiger partial charge is 0.434 e. The van der Waals surface area contributed by atoms with Crippen LogP contribution in [0.5, 0.6) is 11.5 Å². The summed E-state index contributed by atoms with van der Waals surface area (Å²) in [6, 6.07) is 6.89. The molecule has 0 aliphatic heterocycles. The summed E-state index contributed by atoms with van der Waals surface area (Å²) in [4.78, 5) is 3.21. The van der Waals surface area contributed by atoms with Gasteiger partial charge in [0.15, 0.2) is 11.4 Å². The van der Waals surface area contributed by atoms with E-state index in [9.17, 15) is 13.2 Å². The molecule has 0 N–H and O–H groups in total. The maximum atomic E-state index is 12.8. The van der Waals surface area contributed by atoms with Crippen LogP contribution in [0, 0.1) is 0 Å². The highest BCUT2D eigenvalue weighted by molar-refractivity contribution is 6.37. The van der Waals surface area contributed by atoms with Crippen LogP contribution in [-0.2, 0) is 12.6 Å². The second-order valence-corrected chi connectivity index (χ2v) is 4.98. The summed E-state index contributed by atoms with van der Waals surface area (Å²) < 4.78 is 43.6. The number of aromatic nitrogens is 1. The van der Waals surface area contributed by atoms with Crippen LogP contribution in [0.15, 0.2) is 30.5 Å². The fourth-order valence-electron chi connectivity index (χ4n) is 1.65. The molecule has 0 unspecified atom stereocenters. The summed E-state index contributed by atoms with van der Waals surface area (Å²) in [5.41, 5.74) is -0.154. The lowest BCUT2D eigenvalue weighted by molar-refractivity contribution is -0.141. The van der Waals surface area contributed by atoms with Crippen molar-refractivity contribution in [2.45, 2.75) is 19.5 Å². The molecule has 0 atom stereocenters. The van der Waals surface area contributed by atoms with E-state index in [0.717, 1.165) is 18.2 Å². The van der Waals surface area contributed by atoms with Crippen LogP contribution in [0.3, 0.4) is 0 Å². The number of rotatable bonds is 3. The highest BCUT2D eigenvalue weighted by Gasteiger charge is 2.37. The van der Waals surface area contributed by atoms with Gasteiger partial charge in [0.25, 0.3) is 0 Å². The molecule has 0 amide bonds. The number of benzene rings is 1. The van der Waals surface area contributed by atoms with Crippen molar-refractivity contribution in [3.8, 4) is 11.5 Å². The lowest BCUT2D eigenvalue weighted by Crippen LogP contribution is -2.09. The average molecular weight is 336 g/mol. The van der Waals surface area contributed by atoms with Gasteiger partial charge in [0.2, 0.25) is 0 Å². The van der Waals surface area contributed by atoms with Crippen molar-refractivity contribution in [3.05, 3.63) is 51.8 Å². The molecule has 0 bridgehead atoms. The molecule has 0 aliphatic carbocycles. The molecule has 2 rings (SSSR count). The summed E-state index contributed by atoms with van der Waals surface area (Å²) in [5.74, 6) is 0.0835. The van der Waals surface area contributed by atoms with Crippen molar-refractivity contribution >= 4 is 23.2 Å². The standard InChI is InChI=1S/C14H10Cl2F3NO/c1-2-8-3-5-9(6-4-8)21-12-10(15)7-20-13(11(12)16)14(17,18)19/h3-7H,2H2,1H3. The molecule has 21 heavy (non-hydrogen) atoms. The molecule has 0 radical (unpaired) electrons. The first-order valence-corrected chi connectivity index (χ1v) is 6.76. The van der Waals surface area contributed by atoms with E-state index in [0.29, 0.717) is 5.75 Å². The third kappa shape index (κ3) is 3.60. The summed E-state index contributed by atoms with van der Waals surface area (Å²) in [6.45, 7) is 1.99. The lowest BCUT2D eigenvalue weighted by atomic mass is 10.2. The van der Waals surface area contributed by atoms with E-state index >= 15 is 0 Å². The van der Waals surface area contributed by atoms with E-state index in [1.807, 2.05) is 19.1 Å². The molecule has 0 saturated heterocycles. The molecule has 0 spiro atoms. The number of halogens is 5. The zero-order chi connectivity index (χ0) is 15.6. The minimum absolute atomic E-state index is 0.0902. The van der Waals surface area contributed by atoms with E-state index in [4.69, 9.17) is 27.9 Å². The van der Waals surface area contributed by atoms with E-state index < -0.39 is 16.9 Å². The normalized spacial score (nSPS) is 11.5. The van der Waals surface area contributed by atoms with Gasteiger partial charge >= 0.3 is 6.18 Å². The molecule has 7 heteroatoms. The first-order chi connectivity index (χ1) is 9.82. The SMILES string of the molecule is CCc1ccc(Oc2c(Cl)cnc(C(F)(F)F)c2Cl)cc1. The van der Waals surface area contributed by atoms with Crippen molar-refractivity contribution in [3.63, 3.8) is 0 Å². The quantitative estimate of drug-likeness (QED) is 0.711. The van der Waals surface area contributed by atoms with E-state index in [2.05, 4.69) is 4.98 Å². The average Bonchev–Trinajstić information content (AvgIpc) is 2.42. The summed E-state index contributed by atoms with van der Waals surface area (Å²) in [5, 5.41) is -0.748. The second kappa shape index (κ2) is 6.12. The molecule has 112 valence electrons. The van der Waals surface area contributed by atoms with E-state index in [-0.39, 0.29) is 10.8 Å². The summed E-state index contributed by atoms with van der Waals surface area (Å²) in [7, 11) is 0. The Labute approximate surface area is 129 Å². The molecular formula is C14H10Cl2F3NO. The molecule has 1 heterocycles. The van der Waals surface area contributed by atoms with Gasteiger partial charge < -0.3 is 4.74 Å². The van der Waals surface area contributed by atoms with Crippen molar-refractivity contribution in [1.29, 1.82) is 0 Å². The van der Waals surface area contributed by atoms with Crippen molar-refractivity contribution in [1.82, 2.24) is 4.98 Å². The number of hydrogen-bond acceptors (Lipinski definition) is 2. The molecule has 1 aromatic carbocycles. The molecule has 2 nitrogen and oxygen atoms in total.